The minimum absolute atomic E-state index is 0.539. The SMILES string of the molecule is CCCC(C)C(CN)N(C)C(C)CCSC. The average molecular weight is 246 g/mol. The van der Waals surface area contributed by atoms with Crippen molar-refractivity contribution in [3.8, 4) is 0 Å². The second-order valence-electron chi connectivity index (χ2n) is 4.86. The molecule has 0 aromatic heterocycles. The lowest BCUT2D eigenvalue weighted by molar-refractivity contribution is 0.135. The van der Waals surface area contributed by atoms with Gasteiger partial charge >= 0.3 is 0 Å². The van der Waals surface area contributed by atoms with Crippen LogP contribution in [0.1, 0.15) is 40.0 Å². The monoisotopic (exact) mass is 246 g/mol. The molecule has 0 amide bonds. The number of likely N-dealkylation sites (N-methyl/N-ethyl adjacent to an activating group) is 1. The summed E-state index contributed by atoms with van der Waals surface area (Å²) >= 11 is 1.93. The zero-order valence-electron chi connectivity index (χ0n) is 11.7. The highest BCUT2D eigenvalue weighted by atomic mass is 32.2. The molecule has 16 heavy (non-hydrogen) atoms. The van der Waals surface area contributed by atoms with Crippen LogP contribution in [0.2, 0.25) is 0 Å². The molecule has 0 aromatic rings. The summed E-state index contributed by atoms with van der Waals surface area (Å²) in [6.07, 6.45) is 5.96. The molecule has 0 spiro atoms. The summed E-state index contributed by atoms with van der Waals surface area (Å²) in [5.74, 6) is 1.95. The Labute approximate surface area is 106 Å². The molecule has 0 radical (unpaired) electrons. The van der Waals surface area contributed by atoms with Crippen molar-refractivity contribution in [3.63, 3.8) is 0 Å². The maximum Gasteiger partial charge on any atom is 0.0243 e. The number of thioether (sulfide) groups is 1. The van der Waals surface area contributed by atoms with Crippen LogP contribution in [0, 0.1) is 5.92 Å². The highest BCUT2D eigenvalue weighted by Gasteiger charge is 2.23. The third-order valence-corrected chi connectivity index (χ3v) is 4.24. The lowest BCUT2D eigenvalue weighted by Gasteiger charge is -2.36. The molecule has 3 heteroatoms. The fraction of sp³-hybridized carbons (Fsp3) is 1.00. The predicted molar refractivity (Wildman–Crippen MR) is 77.1 cm³/mol. The van der Waals surface area contributed by atoms with Crippen LogP contribution in [0.25, 0.3) is 0 Å². The van der Waals surface area contributed by atoms with Crippen molar-refractivity contribution < 1.29 is 0 Å². The van der Waals surface area contributed by atoms with Crippen LogP contribution < -0.4 is 5.73 Å². The van der Waals surface area contributed by atoms with Crippen LogP contribution in [0.5, 0.6) is 0 Å². The van der Waals surface area contributed by atoms with E-state index in [2.05, 4.69) is 39.0 Å². The van der Waals surface area contributed by atoms with Gasteiger partial charge in [0.25, 0.3) is 0 Å². The van der Waals surface area contributed by atoms with E-state index in [-0.39, 0.29) is 0 Å². The molecule has 0 saturated heterocycles. The Morgan fingerprint density at radius 1 is 1.25 bits per heavy atom. The van der Waals surface area contributed by atoms with E-state index in [1.807, 2.05) is 11.8 Å². The third kappa shape index (κ3) is 5.55. The zero-order chi connectivity index (χ0) is 12.6. The molecule has 0 saturated carbocycles. The van der Waals surface area contributed by atoms with E-state index in [0.717, 1.165) is 6.54 Å². The molecule has 2 nitrogen and oxygen atoms in total. The summed E-state index contributed by atoms with van der Waals surface area (Å²) in [6.45, 7) is 7.68. The maximum atomic E-state index is 5.92. The van der Waals surface area contributed by atoms with Gasteiger partial charge in [-0.05, 0) is 44.7 Å². The van der Waals surface area contributed by atoms with Gasteiger partial charge in [0.1, 0.15) is 0 Å². The van der Waals surface area contributed by atoms with Crippen molar-refractivity contribution in [2.24, 2.45) is 11.7 Å². The molecule has 0 aliphatic rings. The Balaban J connectivity index is 4.21. The first kappa shape index (κ1) is 16.3. The maximum absolute atomic E-state index is 5.92. The van der Waals surface area contributed by atoms with Crippen molar-refractivity contribution >= 4 is 11.8 Å². The minimum atomic E-state index is 0.539. The summed E-state index contributed by atoms with van der Waals surface area (Å²) in [7, 11) is 2.23. The van der Waals surface area contributed by atoms with Crippen LogP contribution in [0.4, 0.5) is 0 Å². The van der Waals surface area contributed by atoms with Gasteiger partial charge in [0.15, 0.2) is 0 Å². The van der Waals surface area contributed by atoms with Gasteiger partial charge in [-0.1, -0.05) is 20.3 Å². The number of rotatable bonds is 9. The largest absolute Gasteiger partial charge is 0.329 e. The first-order valence-electron chi connectivity index (χ1n) is 6.49. The van der Waals surface area contributed by atoms with Crippen molar-refractivity contribution in [3.05, 3.63) is 0 Å². The molecule has 0 aliphatic heterocycles. The average Bonchev–Trinajstić information content (AvgIpc) is 2.27. The Bertz CT molecular complexity index is 164. The second-order valence-corrected chi connectivity index (χ2v) is 5.85. The van der Waals surface area contributed by atoms with Gasteiger partial charge in [-0.2, -0.15) is 11.8 Å². The van der Waals surface area contributed by atoms with Gasteiger partial charge < -0.3 is 5.73 Å². The number of nitrogens with zero attached hydrogens (tertiary/aromatic N) is 1. The summed E-state index contributed by atoms with van der Waals surface area (Å²) < 4.78 is 0. The van der Waals surface area contributed by atoms with Gasteiger partial charge in [-0.3, -0.25) is 4.90 Å². The van der Waals surface area contributed by atoms with Gasteiger partial charge in [0.05, 0.1) is 0 Å². The lowest BCUT2D eigenvalue weighted by atomic mass is 9.94. The highest BCUT2D eigenvalue weighted by molar-refractivity contribution is 7.98. The smallest absolute Gasteiger partial charge is 0.0243 e. The van der Waals surface area contributed by atoms with Crippen molar-refractivity contribution in [2.75, 3.05) is 25.6 Å². The number of nitrogens with two attached hydrogens (primary N) is 1. The van der Waals surface area contributed by atoms with E-state index in [4.69, 9.17) is 5.73 Å². The number of hydrogen-bond acceptors (Lipinski definition) is 3. The molecule has 3 unspecified atom stereocenters. The summed E-state index contributed by atoms with van der Waals surface area (Å²) in [6, 6.07) is 1.18. The molecule has 0 bridgehead atoms. The van der Waals surface area contributed by atoms with E-state index < -0.39 is 0 Å². The fourth-order valence-electron chi connectivity index (χ4n) is 2.27. The quantitative estimate of drug-likeness (QED) is 0.678. The van der Waals surface area contributed by atoms with Gasteiger partial charge in [-0.15, -0.1) is 0 Å². The summed E-state index contributed by atoms with van der Waals surface area (Å²) in [5.41, 5.74) is 5.92. The normalized spacial score (nSPS) is 17.4. The molecule has 0 aliphatic carbocycles. The molecule has 0 rings (SSSR count). The van der Waals surface area contributed by atoms with Gasteiger partial charge in [-0.25, -0.2) is 0 Å². The third-order valence-electron chi connectivity index (χ3n) is 3.60. The van der Waals surface area contributed by atoms with E-state index in [1.54, 1.807) is 0 Å². The van der Waals surface area contributed by atoms with Crippen molar-refractivity contribution in [1.82, 2.24) is 4.90 Å². The van der Waals surface area contributed by atoms with E-state index in [9.17, 15) is 0 Å². The Kier molecular flexibility index (Phi) is 9.47. The summed E-state index contributed by atoms with van der Waals surface area (Å²) in [4.78, 5) is 2.48. The number of hydrogen-bond donors (Lipinski definition) is 1. The Morgan fingerprint density at radius 2 is 1.88 bits per heavy atom. The van der Waals surface area contributed by atoms with E-state index >= 15 is 0 Å². The van der Waals surface area contributed by atoms with Gasteiger partial charge in [0.2, 0.25) is 0 Å². The summed E-state index contributed by atoms with van der Waals surface area (Å²) in [5, 5.41) is 0. The molecule has 0 heterocycles. The van der Waals surface area contributed by atoms with Crippen LogP contribution in [-0.2, 0) is 0 Å². The second kappa shape index (κ2) is 9.32. The molecule has 0 fully saturated rings. The Hall–Kier alpha value is 0.270. The lowest BCUT2D eigenvalue weighted by Crippen LogP contribution is -2.47. The molecule has 3 atom stereocenters. The van der Waals surface area contributed by atoms with Crippen molar-refractivity contribution in [2.45, 2.75) is 52.1 Å². The van der Waals surface area contributed by atoms with Gasteiger partial charge in [0, 0.05) is 18.6 Å². The minimum Gasteiger partial charge on any atom is -0.329 e. The highest BCUT2D eigenvalue weighted by Crippen LogP contribution is 2.18. The Morgan fingerprint density at radius 3 is 2.31 bits per heavy atom. The van der Waals surface area contributed by atoms with Crippen molar-refractivity contribution in [1.29, 1.82) is 0 Å². The molecular weight excluding hydrogens is 216 g/mol. The zero-order valence-corrected chi connectivity index (χ0v) is 12.5. The molecule has 2 N–H and O–H groups in total. The molecule has 98 valence electrons. The molecule has 0 aromatic carbocycles. The molecular formula is C13H30N2S. The fourth-order valence-corrected chi connectivity index (χ4v) is 2.84. The van der Waals surface area contributed by atoms with Crippen LogP contribution in [0.3, 0.4) is 0 Å². The van der Waals surface area contributed by atoms with Crippen LogP contribution in [0.15, 0.2) is 0 Å². The van der Waals surface area contributed by atoms with Crippen LogP contribution >= 0.6 is 11.8 Å². The topological polar surface area (TPSA) is 29.3 Å². The first-order valence-corrected chi connectivity index (χ1v) is 7.88. The van der Waals surface area contributed by atoms with E-state index in [1.165, 1.54) is 25.0 Å². The van der Waals surface area contributed by atoms with E-state index in [0.29, 0.717) is 18.0 Å². The first-order chi connectivity index (χ1) is 7.58. The predicted octanol–water partition coefficient (Wildman–Crippen LogP) is 2.82. The van der Waals surface area contributed by atoms with Crippen LogP contribution in [-0.4, -0.2) is 42.6 Å². The standard InChI is InChI=1S/C13H30N2S/c1-6-7-11(2)13(10-14)15(4)12(3)8-9-16-5/h11-13H,6-10,14H2,1-5H3.